The van der Waals surface area contributed by atoms with Crippen molar-refractivity contribution in [3.8, 4) is 0 Å². The lowest BCUT2D eigenvalue weighted by atomic mass is 9.39. The molecule has 12 nitrogen and oxygen atoms in total. The zero-order valence-corrected chi connectivity index (χ0v) is 24.2. The molecule has 0 amide bonds. The van der Waals surface area contributed by atoms with E-state index < -0.39 is 88.9 Å². The van der Waals surface area contributed by atoms with Crippen LogP contribution in [-0.4, -0.2) is 120 Å². The Hall–Kier alpha value is -1.19. The van der Waals surface area contributed by atoms with Crippen LogP contribution in [0.1, 0.15) is 65.2 Å². The van der Waals surface area contributed by atoms with Crippen LogP contribution in [0.3, 0.4) is 0 Å². The lowest BCUT2D eigenvalue weighted by Gasteiger charge is -2.69. The van der Waals surface area contributed by atoms with Gasteiger partial charge in [-0.2, -0.15) is 0 Å². The highest BCUT2D eigenvalue weighted by molar-refractivity contribution is 5.85. The van der Waals surface area contributed by atoms with Crippen molar-refractivity contribution in [1.82, 2.24) is 0 Å². The number of rotatable bonds is 5. The molecule has 238 valence electrons. The van der Waals surface area contributed by atoms with Crippen LogP contribution in [0.15, 0.2) is 11.6 Å². The average molecular weight is 599 g/mol. The van der Waals surface area contributed by atoms with E-state index in [-0.39, 0.29) is 51.2 Å². The average Bonchev–Trinajstić information content (AvgIpc) is 3.46. The summed E-state index contributed by atoms with van der Waals surface area (Å²) < 4.78 is 16.8. The Morgan fingerprint density at radius 2 is 1.76 bits per heavy atom. The van der Waals surface area contributed by atoms with Crippen molar-refractivity contribution in [2.24, 2.45) is 28.6 Å². The highest BCUT2D eigenvalue weighted by atomic mass is 16.7. The first-order valence-electron chi connectivity index (χ1n) is 15.4. The van der Waals surface area contributed by atoms with Crippen LogP contribution in [-0.2, 0) is 19.0 Å². The fraction of sp³-hybridized carbons (Fsp3) is 0.900. The maximum atomic E-state index is 12.5. The number of hydrogen-bond acceptors (Lipinski definition) is 12. The largest absolute Gasteiger partial charge is 0.458 e. The van der Waals surface area contributed by atoms with E-state index in [4.69, 9.17) is 14.2 Å². The number of fused-ring (bicyclic) bond motifs is 5. The first-order valence-corrected chi connectivity index (χ1v) is 15.4. The molecule has 0 radical (unpaired) electrons. The molecule has 5 fully saturated rings. The molecule has 0 spiro atoms. The first kappa shape index (κ1) is 30.8. The van der Waals surface area contributed by atoms with Crippen molar-refractivity contribution < 1.29 is 59.9 Å². The van der Waals surface area contributed by atoms with Gasteiger partial charge in [0.1, 0.15) is 24.9 Å². The number of esters is 1. The third-order valence-corrected chi connectivity index (χ3v) is 12.4. The fourth-order valence-corrected chi connectivity index (χ4v) is 10.5. The molecule has 4 aliphatic carbocycles. The summed E-state index contributed by atoms with van der Waals surface area (Å²) in [7, 11) is 0. The quantitative estimate of drug-likeness (QED) is 0.140. The Kier molecular flexibility index (Phi) is 7.66. The van der Waals surface area contributed by atoms with Crippen molar-refractivity contribution in [3.63, 3.8) is 0 Å². The predicted molar refractivity (Wildman–Crippen MR) is 143 cm³/mol. The monoisotopic (exact) mass is 598 g/mol. The molecule has 6 rings (SSSR count). The van der Waals surface area contributed by atoms with Gasteiger partial charge in [-0.05, 0) is 62.9 Å². The van der Waals surface area contributed by atoms with Crippen LogP contribution in [0.2, 0.25) is 0 Å². The lowest BCUT2D eigenvalue weighted by Crippen LogP contribution is -2.75. The topological polar surface area (TPSA) is 207 Å². The molecular formula is C30H46O12. The number of cyclic esters (lactones) is 1. The summed E-state index contributed by atoms with van der Waals surface area (Å²) in [6, 6.07) is 0. The second-order valence-electron chi connectivity index (χ2n) is 14.1. The van der Waals surface area contributed by atoms with Crippen molar-refractivity contribution in [1.29, 1.82) is 0 Å². The summed E-state index contributed by atoms with van der Waals surface area (Å²) in [4.78, 5) is 11.9. The van der Waals surface area contributed by atoms with Crippen LogP contribution >= 0.6 is 0 Å². The van der Waals surface area contributed by atoms with Crippen molar-refractivity contribution in [2.45, 2.75) is 125 Å². The molecule has 12 heteroatoms. The summed E-state index contributed by atoms with van der Waals surface area (Å²) in [5, 5.41) is 89.6. The van der Waals surface area contributed by atoms with Gasteiger partial charge >= 0.3 is 5.97 Å². The van der Waals surface area contributed by atoms with Crippen molar-refractivity contribution >= 4 is 5.97 Å². The SMILES string of the molecule is CC1O[C@@H](O[C@H]2C[C@@H](O)[C@]3(CCO)[C@H]4[C@H](O)C[C@]5(C)[C@@H](C6=CC(=O)OC6)CC[C@]5(O)[C@@H]4CC[C@]3(O)C2)C(O)C(O)[C@H]1O. The highest BCUT2D eigenvalue weighted by Crippen LogP contribution is 2.71. The van der Waals surface area contributed by atoms with Crippen LogP contribution in [0.4, 0.5) is 0 Å². The maximum Gasteiger partial charge on any atom is 0.331 e. The van der Waals surface area contributed by atoms with Gasteiger partial charge in [0, 0.05) is 42.3 Å². The number of aliphatic hydroxyl groups is 8. The molecule has 1 saturated heterocycles. The number of aliphatic hydroxyl groups excluding tert-OH is 6. The Morgan fingerprint density at radius 1 is 1.02 bits per heavy atom. The van der Waals surface area contributed by atoms with E-state index in [2.05, 4.69) is 0 Å². The predicted octanol–water partition coefficient (Wildman–Crippen LogP) is -1.12. The number of carbonyl (C=O) groups is 1. The number of ether oxygens (including phenoxy) is 3. The number of hydrogen-bond donors (Lipinski definition) is 8. The van der Waals surface area contributed by atoms with Gasteiger partial charge in [-0.3, -0.25) is 0 Å². The Balaban J connectivity index is 1.30. The molecule has 42 heavy (non-hydrogen) atoms. The van der Waals surface area contributed by atoms with Gasteiger partial charge in [0.05, 0.1) is 35.6 Å². The minimum atomic E-state index is -1.58. The van der Waals surface area contributed by atoms with Crippen LogP contribution in [0.5, 0.6) is 0 Å². The van der Waals surface area contributed by atoms with E-state index in [0.717, 1.165) is 5.57 Å². The summed E-state index contributed by atoms with van der Waals surface area (Å²) >= 11 is 0. The zero-order chi connectivity index (χ0) is 30.4. The van der Waals surface area contributed by atoms with E-state index in [9.17, 15) is 45.6 Å². The van der Waals surface area contributed by atoms with E-state index in [1.165, 1.54) is 13.0 Å². The molecule has 2 heterocycles. The normalized spacial score (nSPS) is 55.8. The fourth-order valence-electron chi connectivity index (χ4n) is 10.5. The van der Waals surface area contributed by atoms with E-state index in [0.29, 0.717) is 19.3 Å². The molecule has 15 atom stereocenters. The molecule has 0 aromatic heterocycles. The summed E-state index contributed by atoms with van der Waals surface area (Å²) in [5.41, 5.74) is -4.11. The Bertz CT molecular complexity index is 1100. The second kappa shape index (κ2) is 10.4. The summed E-state index contributed by atoms with van der Waals surface area (Å²) in [6.07, 6.45) is -6.18. The molecule has 8 N–H and O–H groups in total. The van der Waals surface area contributed by atoms with Gasteiger partial charge in [0.25, 0.3) is 0 Å². The van der Waals surface area contributed by atoms with Gasteiger partial charge < -0.3 is 55.1 Å². The van der Waals surface area contributed by atoms with Crippen LogP contribution < -0.4 is 0 Å². The van der Waals surface area contributed by atoms with E-state index in [1.807, 2.05) is 6.92 Å². The van der Waals surface area contributed by atoms with Crippen LogP contribution in [0, 0.1) is 28.6 Å². The maximum absolute atomic E-state index is 12.5. The first-order chi connectivity index (χ1) is 19.7. The smallest absolute Gasteiger partial charge is 0.331 e. The summed E-state index contributed by atoms with van der Waals surface area (Å²) in [6.45, 7) is 3.31. The van der Waals surface area contributed by atoms with Crippen molar-refractivity contribution in [2.75, 3.05) is 13.2 Å². The molecule has 0 bridgehead atoms. The van der Waals surface area contributed by atoms with Gasteiger partial charge in [0.15, 0.2) is 6.29 Å². The third kappa shape index (κ3) is 4.14. The Morgan fingerprint density at radius 3 is 2.43 bits per heavy atom. The molecule has 0 aromatic carbocycles. The molecule has 3 unspecified atom stereocenters. The minimum Gasteiger partial charge on any atom is -0.458 e. The standard InChI is InChI=1S/C30H46O12/c1-14-23(35)24(36)25(37)26(41-14)42-16-10-20(33)29(7-8-31)22-18(3-5-28(29,38)11-16)30(39)6-4-17(15-9-21(34)40-13-15)27(30,2)12-19(22)32/h9,14,16-20,22-26,31-33,35-39H,3-8,10-13H2,1-2H3/t14?,16-,17+,18+,19+,20+,22+,23-,24?,25?,26-,27+,28-,29+,30-/m0/s1. The zero-order valence-electron chi connectivity index (χ0n) is 24.2. The van der Waals surface area contributed by atoms with E-state index >= 15 is 0 Å². The number of carbonyl (C=O) groups excluding carboxylic acids is 1. The second-order valence-corrected chi connectivity index (χ2v) is 14.1. The third-order valence-electron chi connectivity index (χ3n) is 12.4. The molecule has 4 saturated carbocycles. The van der Waals surface area contributed by atoms with E-state index in [1.54, 1.807) is 0 Å². The Labute approximate surface area is 244 Å². The summed E-state index contributed by atoms with van der Waals surface area (Å²) in [5.74, 6) is -1.77. The van der Waals surface area contributed by atoms with Crippen molar-refractivity contribution in [3.05, 3.63) is 11.6 Å². The highest BCUT2D eigenvalue weighted by Gasteiger charge is 2.75. The van der Waals surface area contributed by atoms with Gasteiger partial charge in [-0.1, -0.05) is 6.92 Å². The minimum absolute atomic E-state index is 0.00250. The molecule has 6 aliphatic rings. The van der Waals surface area contributed by atoms with Gasteiger partial charge in [0.2, 0.25) is 0 Å². The molecule has 0 aromatic rings. The van der Waals surface area contributed by atoms with Gasteiger partial charge in [-0.15, -0.1) is 0 Å². The van der Waals surface area contributed by atoms with Crippen LogP contribution in [0.25, 0.3) is 0 Å². The molecular weight excluding hydrogens is 552 g/mol. The molecule has 2 aliphatic heterocycles. The lowest BCUT2D eigenvalue weighted by molar-refractivity contribution is -0.340. The van der Waals surface area contributed by atoms with Gasteiger partial charge in [-0.25, -0.2) is 4.79 Å².